The molecule has 2 aromatic heterocycles. The van der Waals surface area contributed by atoms with E-state index in [0.717, 1.165) is 19.3 Å². The van der Waals surface area contributed by atoms with Crippen molar-refractivity contribution in [3.63, 3.8) is 0 Å². The minimum absolute atomic E-state index is 0.0886. The number of likely N-dealkylation sites (tertiary alicyclic amines) is 1. The van der Waals surface area contributed by atoms with E-state index in [1.807, 2.05) is 0 Å². The molecule has 0 radical (unpaired) electrons. The van der Waals surface area contributed by atoms with Crippen LogP contribution < -0.4 is 5.32 Å². The van der Waals surface area contributed by atoms with E-state index >= 15 is 0 Å². The van der Waals surface area contributed by atoms with Crippen molar-refractivity contribution in [2.24, 2.45) is 0 Å². The van der Waals surface area contributed by atoms with Gasteiger partial charge in [-0.05, 0) is 52.2 Å². The van der Waals surface area contributed by atoms with Gasteiger partial charge in [-0.2, -0.15) is 0 Å². The minimum Gasteiger partial charge on any atom is -0.328 e. The van der Waals surface area contributed by atoms with Gasteiger partial charge in [0.2, 0.25) is 0 Å². The van der Waals surface area contributed by atoms with Gasteiger partial charge in [0.15, 0.2) is 5.82 Å². The van der Waals surface area contributed by atoms with Crippen LogP contribution in [0.2, 0.25) is 0 Å². The highest BCUT2D eigenvalue weighted by Crippen LogP contribution is 2.31. The lowest BCUT2D eigenvalue weighted by Crippen LogP contribution is -2.40. The minimum atomic E-state index is -0.521. The molecule has 0 spiro atoms. The SMILES string of the molecule is Cc1ncc(C(=O)N2CCCC[C@@H]2c2ncc(C(=O)Nc3ccccc3F)c(C)n2)c(C)n1. The molecule has 1 aliphatic heterocycles. The lowest BCUT2D eigenvalue weighted by atomic mass is 9.99. The second-order valence-electron chi connectivity index (χ2n) is 8.09. The maximum atomic E-state index is 13.9. The number of amides is 2. The van der Waals surface area contributed by atoms with Crippen LogP contribution in [0.3, 0.4) is 0 Å². The van der Waals surface area contributed by atoms with E-state index in [2.05, 4.69) is 25.3 Å². The number of para-hydroxylation sites is 1. The Balaban J connectivity index is 1.58. The lowest BCUT2D eigenvalue weighted by molar-refractivity contribution is 0.0597. The molecule has 1 aromatic carbocycles. The first kappa shape index (κ1) is 22.4. The number of hydrogen-bond donors (Lipinski definition) is 1. The van der Waals surface area contributed by atoms with Gasteiger partial charge >= 0.3 is 0 Å². The second kappa shape index (κ2) is 9.40. The monoisotopic (exact) mass is 448 g/mol. The Hall–Kier alpha value is -3.75. The normalized spacial score (nSPS) is 15.9. The number of aromatic nitrogens is 4. The van der Waals surface area contributed by atoms with Gasteiger partial charge in [-0.25, -0.2) is 24.3 Å². The molecule has 2 amide bonds. The van der Waals surface area contributed by atoms with E-state index in [1.165, 1.54) is 18.3 Å². The number of nitrogens with zero attached hydrogens (tertiary/aromatic N) is 5. The zero-order valence-corrected chi connectivity index (χ0v) is 18.8. The zero-order chi connectivity index (χ0) is 23.5. The number of aryl methyl sites for hydroxylation is 3. The van der Waals surface area contributed by atoms with Crippen LogP contribution in [0.4, 0.5) is 10.1 Å². The zero-order valence-electron chi connectivity index (χ0n) is 18.8. The maximum absolute atomic E-state index is 13.9. The van der Waals surface area contributed by atoms with Crippen LogP contribution in [0.5, 0.6) is 0 Å². The molecule has 3 heterocycles. The molecule has 1 fully saturated rings. The van der Waals surface area contributed by atoms with E-state index in [-0.39, 0.29) is 23.2 Å². The number of hydrogen-bond acceptors (Lipinski definition) is 6. The number of benzene rings is 1. The molecular formula is C24H25FN6O2. The van der Waals surface area contributed by atoms with Gasteiger partial charge in [0.05, 0.1) is 34.2 Å². The van der Waals surface area contributed by atoms with Crippen molar-refractivity contribution in [1.29, 1.82) is 0 Å². The van der Waals surface area contributed by atoms with Gasteiger partial charge in [-0.15, -0.1) is 0 Å². The van der Waals surface area contributed by atoms with E-state index < -0.39 is 11.7 Å². The van der Waals surface area contributed by atoms with Crippen LogP contribution in [-0.4, -0.2) is 43.2 Å². The predicted octanol–water partition coefficient (Wildman–Crippen LogP) is 3.95. The first-order chi connectivity index (χ1) is 15.8. The fourth-order valence-electron chi connectivity index (χ4n) is 4.01. The van der Waals surface area contributed by atoms with Crippen molar-refractivity contribution in [3.05, 3.63) is 76.6 Å². The molecule has 1 N–H and O–H groups in total. The first-order valence-corrected chi connectivity index (χ1v) is 10.9. The number of rotatable bonds is 4. The van der Waals surface area contributed by atoms with Gasteiger partial charge in [0, 0.05) is 18.9 Å². The van der Waals surface area contributed by atoms with Crippen molar-refractivity contribution in [2.45, 2.75) is 46.1 Å². The summed E-state index contributed by atoms with van der Waals surface area (Å²) in [5.74, 6) is -0.0723. The molecule has 0 aliphatic carbocycles. The number of piperidine rings is 1. The van der Waals surface area contributed by atoms with Gasteiger partial charge < -0.3 is 10.2 Å². The van der Waals surface area contributed by atoms with Crippen molar-refractivity contribution >= 4 is 17.5 Å². The Morgan fingerprint density at radius 2 is 1.73 bits per heavy atom. The van der Waals surface area contributed by atoms with Gasteiger partial charge in [0.25, 0.3) is 11.8 Å². The summed E-state index contributed by atoms with van der Waals surface area (Å²) >= 11 is 0. The largest absolute Gasteiger partial charge is 0.328 e. The van der Waals surface area contributed by atoms with Crippen LogP contribution in [0.1, 0.15) is 69.1 Å². The number of halogens is 1. The highest BCUT2D eigenvalue weighted by molar-refractivity contribution is 6.04. The second-order valence-corrected chi connectivity index (χ2v) is 8.09. The number of anilines is 1. The Bertz CT molecular complexity index is 1220. The Morgan fingerprint density at radius 1 is 1.00 bits per heavy atom. The topological polar surface area (TPSA) is 101 Å². The highest BCUT2D eigenvalue weighted by Gasteiger charge is 2.32. The summed E-state index contributed by atoms with van der Waals surface area (Å²) in [4.78, 5) is 45.2. The standard InChI is InChI=1S/C24H25FN6O2/c1-14-17(23(32)30-20-9-5-4-8-19(20)25)12-27-22(29-14)21-10-6-7-11-31(21)24(33)18-13-26-16(3)28-15(18)2/h4-5,8-9,12-13,21H,6-7,10-11H2,1-3H3,(H,30,32)/t21-/m1/s1. The first-order valence-electron chi connectivity index (χ1n) is 10.9. The van der Waals surface area contributed by atoms with Crippen molar-refractivity contribution in [3.8, 4) is 0 Å². The molecule has 0 saturated carbocycles. The van der Waals surface area contributed by atoms with Crippen molar-refractivity contribution in [2.75, 3.05) is 11.9 Å². The summed E-state index contributed by atoms with van der Waals surface area (Å²) in [6.45, 7) is 5.86. The van der Waals surface area contributed by atoms with E-state index in [9.17, 15) is 14.0 Å². The Kier molecular flexibility index (Phi) is 6.39. The molecular weight excluding hydrogens is 423 g/mol. The third-order valence-corrected chi connectivity index (χ3v) is 5.76. The fraction of sp³-hybridized carbons (Fsp3) is 0.333. The number of carbonyl (C=O) groups excluding carboxylic acids is 2. The maximum Gasteiger partial charge on any atom is 0.259 e. The Morgan fingerprint density at radius 3 is 2.45 bits per heavy atom. The molecule has 3 aromatic rings. The molecule has 9 heteroatoms. The lowest BCUT2D eigenvalue weighted by Gasteiger charge is -2.35. The molecule has 33 heavy (non-hydrogen) atoms. The fourth-order valence-corrected chi connectivity index (χ4v) is 4.01. The van der Waals surface area contributed by atoms with Gasteiger partial charge in [0.1, 0.15) is 11.6 Å². The summed E-state index contributed by atoms with van der Waals surface area (Å²) in [7, 11) is 0. The van der Waals surface area contributed by atoms with Gasteiger partial charge in [-0.3, -0.25) is 9.59 Å². The summed E-state index contributed by atoms with van der Waals surface area (Å²) in [6, 6.07) is 5.64. The smallest absolute Gasteiger partial charge is 0.259 e. The predicted molar refractivity (Wildman–Crippen MR) is 120 cm³/mol. The van der Waals surface area contributed by atoms with Crippen molar-refractivity contribution < 1.29 is 14.0 Å². The molecule has 8 nitrogen and oxygen atoms in total. The quantitative estimate of drug-likeness (QED) is 0.649. The van der Waals surface area contributed by atoms with Crippen LogP contribution in [0.15, 0.2) is 36.7 Å². The van der Waals surface area contributed by atoms with E-state index in [1.54, 1.807) is 44.0 Å². The Labute approximate surface area is 191 Å². The summed E-state index contributed by atoms with van der Waals surface area (Å²) in [6.07, 6.45) is 5.54. The molecule has 0 bridgehead atoms. The van der Waals surface area contributed by atoms with E-state index in [0.29, 0.717) is 35.1 Å². The molecule has 0 unspecified atom stereocenters. The average molecular weight is 449 g/mol. The highest BCUT2D eigenvalue weighted by atomic mass is 19.1. The molecule has 170 valence electrons. The average Bonchev–Trinajstić information content (AvgIpc) is 2.80. The third kappa shape index (κ3) is 4.72. The van der Waals surface area contributed by atoms with Crippen LogP contribution in [0.25, 0.3) is 0 Å². The number of nitrogens with one attached hydrogen (secondary N) is 1. The summed E-state index contributed by atoms with van der Waals surface area (Å²) in [5.41, 5.74) is 1.89. The van der Waals surface area contributed by atoms with Crippen LogP contribution >= 0.6 is 0 Å². The van der Waals surface area contributed by atoms with Gasteiger partial charge in [-0.1, -0.05) is 12.1 Å². The summed E-state index contributed by atoms with van der Waals surface area (Å²) < 4.78 is 13.9. The molecule has 1 aliphatic rings. The number of carbonyl (C=O) groups is 2. The van der Waals surface area contributed by atoms with E-state index in [4.69, 9.17) is 0 Å². The van der Waals surface area contributed by atoms with Crippen LogP contribution in [0, 0.1) is 26.6 Å². The van der Waals surface area contributed by atoms with Crippen LogP contribution in [-0.2, 0) is 0 Å². The molecule has 1 atom stereocenters. The molecule has 4 rings (SSSR count). The van der Waals surface area contributed by atoms with Crippen molar-refractivity contribution in [1.82, 2.24) is 24.8 Å². The summed E-state index contributed by atoms with van der Waals surface area (Å²) in [5, 5.41) is 2.55. The third-order valence-electron chi connectivity index (χ3n) is 5.76. The molecule has 1 saturated heterocycles.